The van der Waals surface area contributed by atoms with Crippen molar-refractivity contribution < 1.29 is 13.5 Å². The van der Waals surface area contributed by atoms with E-state index in [1.54, 1.807) is 12.1 Å². The van der Waals surface area contributed by atoms with E-state index in [0.29, 0.717) is 17.9 Å². The third kappa shape index (κ3) is 6.44. The monoisotopic (exact) mass is 390 g/mol. The van der Waals surface area contributed by atoms with Crippen LogP contribution in [0, 0.1) is 11.6 Å². The molecule has 0 unspecified atom stereocenters. The van der Waals surface area contributed by atoms with Crippen molar-refractivity contribution in [2.24, 2.45) is 0 Å². The van der Waals surface area contributed by atoms with Crippen LogP contribution in [0.5, 0.6) is 5.75 Å². The molecule has 25 heavy (non-hydrogen) atoms. The molecule has 7 heteroatoms. The van der Waals surface area contributed by atoms with Crippen LogP contribution < -0.4 is 10.1 Å². The first kappa shape index (κ1) is 21.6. The lowest BCUT2D eigenvalue weighted by atomic mass is 10.1. The van der Waals surface area contributed by atoms with Gasteiger partial charge in [-0.05, 0) is 35.9 Å². The van der Waals surface area contributed by atoms with Crippen LogP contribution in [0.1, 0.15) is 11.1 Å². The third-order valence-electron chi connectivity index (χ3n) is 3.94. The molecule has 0 aliphatic carbocycles. The zero-order valence-electron chi connectivity index (χ0n) is 13.7. The van der Waals surface area contributed by atoms with Crippen molar-refractivity contribution in [1.82, 2.24) is 10.2 Å². The van der Waals surface area contributed by atoms with Gasteiger partial charge >= 0.3 is 0 Å². The first-order valence-electron chi connectivity index (χ1n) is 7.79. The number of piperazine rings is 1. The van der Waals surface area contributed by atoms with Gasteiger partial charge in [-0.2, -0.15) is 0 Å². The average molecular weight is 391 g/mol. The first-order chi connectivity index (χ1) is 11.2. The van der Waals surface area contributed by atoms with E-state index in [1.165, 1.54) is 18.2 Å². The molecule has 1 saturated heterocycles. The standard InChI is InChI=1S/C18H20F2N2O.2ClH/c19-16-3-5-17(6-4-16)23-13-14-1-2-15(18(20)11-14)12-22-9-7-21-8-10-22;;/h1-6,11,21H,7-10,12-13H2;2*1H. The maximum absolute atomic E-state index is 14.2. The summed E-state index contributed by atoms with van der Waals surface area (Å²) in [6.45, 7) is 4.67. The number of hydrogen-bond acceptors (Lipinski definition) is 3. The maximum Gasteiger partial charge on any atom is 0.128 e. The number of benzene rings is 2. The van der Waals surface area contributed by atoms with Crippen molar-refractivity contribution in [3.05, 3.63) is 65.2 Å². The van der Waals surface area contributed by atoms with Crippen molar-refractivity contribution in [2.75, 3.05) is 26.2 Å². The molecule has 1 heterocycles. The van der Waals surface area contributed by atoms with E-state index in [2.05, 4.69) is 10.2 Å². The normalized spacial score (nSPS) is 14.3. The van der Waals surface area contributed by atoms with Crippen LogP contribution in [0.3, 0.4) is 0 Å². The molecule has 0 saturated carbocycles. The van der Waals surface area contributed by atoms with Gasteiger partial charge in [0.15, 0.2) is 0 Å². The van der Waals surface area contributed by atoms with Crippen LogP contribution in [-0.2, 0) is 13.2 Å². The fraction of sp³-hybridized carbons (Fsp3) is 0.333. The molecule has 138 valence electrons. The van der Waals surface area contributed by atoms with Crippen LogP contribution in [0.15, 0.2) is 42.5 Å². The Morgan fingerprint density at radius 1 is 0.960 bits per heavy atom. The van der Waals surface area contributed by atoms with E-state index in [-0.39, 0.29) is 43.1 Å². The third-order valence-corrected chi connectivity index (χ3v) is 3.94. The van der Waals surface area contributed by atoms with Crippen molar-refractivity contribution >= 4 is 24.8 Å². The summed E-state index contributed by atoms with van der Waals surface area (Å²) >= 11 is 0. The van der Waals surface area contributed by atoms with E-state index in [4.69, 9.17) is 4.74 Å². The van der Waals surface area contributed by atoms with Gasteiger partial charge in [0, 0.05) is 38.3 Å². The van der Waals surface area contributed by atoms with Gasteiger partial charge in [-0.1, -0.05) is 12.1 Å². The molecular formula is C18H22Cl2F2N2O. The largest absolute Gasteiger partial charge is 0.489 e. The number of hydrogen-bond donors (Lipinski definition) is 1. The summed E-state index contributed by atoms with van der Waals surface area (Å²) in [7, 11) is 0. The predicted molar refractivity (Wildman–Crippen MR) is 99.8 cm³/mol. The fourth-order valence-electron chi connectivity index (χ4n) is 2.62. The van der Waals surface area contributed by atoms with Crippen LogP contribution in [0.25, 0.3) is 0 Å². The van der Waals surface area contributed by atoms with E-state index in [9.17, 15) is 8.78 Å². The highest BCUT2D eigenvalue weighted by molar-refractivity contribution is 5.85. The van der Waals surface area contributed by atoms with Crippen molar-refractivity contribution in [1.29, 1.82) is 0 Å². The quantitative estimate of drug-likeness (QED) is 0.840. The zero-order chi connectivity index (χ0) is 16.1. The number of nitrogens with zero attached hydrogens (tertiary/aromatic N) is 1. The van der Waals surface area contributed by atoms with Gasteiger partial charge in [-0.15, -0.1) is 24.8 Å². The zero-order valence-corrected chi connectivity index (χ0v) is 15.3. The predicted octanol–water partition coefficient (Wildman–Crippen LogP) is 3.79. The lowest BCUT2D eigenvalue weighted by Crippen LogP contribution is -2.43. The smallest absolute Gasteiger partial charge is 0.128 e. The Balaban J connectivity index is 0.00000156. The number of halogens is 4. The Bertz CT molecular complexity index is 650. The Kier molecular flexibility index (Phi) is 9.14. The van der Waals surface area contributed by atoms with Gasteiger partial charge in [-0.25, -0.2) is 8.78 Å². The van der Waals surface area contributed by atoms with Crippen LogP contribution in [0.4, 0.5) is 8.78 Å². The number of ether oxygens (including phenoxy) is 1. The maximum atomic E-state index is 14.2. The van der Waals surface area contributed by atoms with E-state index < -0.39 is 0 Å². The molecule has 0 bridgehead atoms. The molecule has 1 aliphatic rings. The Morgan fingerprint density at radius 3 is 2.28 bits per heavy atom. The summed E-state index contributed by atoms with van der Waals surface area (Å²) in [6, 6.07) is 11.0. The van der Waals surface area contributed by atoms with E-state index in [1.807, 2.05) is 12.1 Å². The SMILES string of the molecule is Cl.Cl.Fc1ccc(OCc2ccc(CN3CCNCC3)c(F)c2)cc1. The second kappa shape index (κ2) is 10.6. The molecule has 0 aromatic heterocycles. The minimum Gasteiger partial charge on any atom is -0.489 e. The Hall–Kier alpha value is -1.40. The van der Waals surface area contributed by atoms with Gasteiger partial charge in [0.2, 0.25) is 0 Å². The average Bonchev–Trinajstić information content (AvgIpc) is 2.57. The molecule has 3 nitrogen and oxygen atoms in total. The van der Waals surface area contributed by atoms with Crippen LogP contribution >= 0.6 is 24.8 Å². The van der Waals surface area contributed by atoms with Crippen LogP contribution in [-0.4, -0.2) is 31.1 Å². The van der Waals surface area contributed by atoms with E-state index in [0.717, 1.165) is 31.7 Å². The summed E-state index contributed by atoms with van der Waals surface area (Å²) < 4.78 is 32.6. The Labute approximate surface area is 159 Å². The Morgan fingerprint density at radius 2 is 1.64 bits per heavy atom. The lowest BCUT2D eigenvalue weighted by molar-refractivity contribution is 0.230. The van der Waals surface area contributed by atoms with Crippen molar-refractivity contribution in [3.63, 3.8) is 0 Å². The summed E-state index contributed by atoms with van der Waals surface area (Å²) in [5, 5.41) is 3.28. The summed E-state index contributed by atoms with van der Waals surface area (Å²) in [5.41, 5.74) is 1.47. The second-order valence-corrected chi connectivity index (χ2v) is 5.69. The van der Waals surface area contributed by atoms with Gasteiger partial charge < -0.3 is 10.1 Å². The topological polar surface area (TPSA) is 24.5 Å². The first-order valence-corrected chi connectivity index (χ1v) is 7.79. The summed E-state index contributed by atoms with van der Waals surface area (Å²) in [4.78, 5) is 2.24. The van der Waals surface area contributed by atoms with Gasteiger partial charge in [0.05, 0.1) is 0 Å². The molecule has 1 aliphatic heterocycles. The molecule has 0 radical (unpaired) electrons. The van der Waals surface area contributed by atoms with Crippen molar-refractivity contribution in [2.45, 2.75) is 13.2 Å². The molecule has 3 rings (SSSR count). The fourth-order valence-corrected chi connectivity index (χ4v) is 2.62. The molecule has 2 aromatic carbocycles. The highest BCUT2D eigenvalue weighted by atomic mass is 35.5. The highest BCUT2D eigenvalue weighted by Crippen LogP contribution is 2.17. The summed E-state index contributed by atoms with van der Waals surface area (Å²) in [5.74, 6) is 0.0566. The van der Waals surface area contributed by atoms with Gasteiger partial charge in [0.1, 0.15) is 24.0 Å². The minimum absolute atomic E-state index is 0. The second-order valence-electron chi connectivity index (χ2n) is 5.69. The van der Waals surface area contributed by atoms with E-state index >= 15 is 0 Å². The molecule has 1 fully saturated rings. The molecule has 0 atom stereocenters. The van der Waals surface area contributed by atoms with Crippen LogP contribution in [0.2, 0.25) is 0 Å². The van der Waals surface area contributed by atoms with Crippen molar-refractivity contribution in [3.8, 4) is 5.75 Å². The van der Waals surface area contributed by atoms with Gasteiger partial charge in [-0.3, -0.25) is 4.90 Å². The minimum atomic E-state index is -0.305. The molecule has 2 aromatic rings. The number of rotatable bonds is 5. The molecular weight excluding hydrogens is 369 g/mol. The highest BCUT2D eigenvalue weighted by Gasteiger charge is 2.12. The molecule has 0 amide bonds. The number of nitrogens with one attached hydrogen (secondary N) is 1. The molecule has 1 N–H and O–H groups in total. The molecule has 0 spiro atoms. The van der Waals surface area contributed by atoms with Gasteiger partial charge in [0.25, 0.3) is 0 Å². The summed E-state index contributed by atoms with van der Waals surface area (Å²) in [6.07, 6.45) is 0. The lowest BCUT2D eigenvalue weighted by Gasteiger charge is -2.27.